The second kappa shape index (κ2) is 7.31. The van der Waals surface area contributed by atoms with Gasteiger partial charge in [-0.2, -0.15) is 0 Å². The Kier molecular flexibility index (Phi) is 4.94. The van der Waals surface area contributed by atoms with Crippen LogP contribution in [0.4, 0.5) is 0 Å². The van der Waals surface area contributed by atoms with Crippen LogP contribution < -0.4 is 0 Å². The van der Waals surface area contributed by atoms with Crippen LogP contribution in [0.1, 0.15) is 31.2 Å². The maximum absolute atomic E-state index is 12.3. The predicted octanol–water partition coefficient (Wildman–Crippen LogP) is 2.27. The van der Waals surface area contributed by atoms with E-state index >= 15 is 0 Å². The predicted molar refractivity (Wildman–Crippen MR) is 86.6 cm³/mol. The van der Waals surface area contributed by atoms with Gasteiger partial charge in [0.2, 0.25) is 0 Å². The Hall–Kier alpha value is -1.27. The number of hydrogen-bond donors (Lipinski definition) is 0. The number of benzene rings is 1. The van der Waals surface area contributed by atoms with Gasteiger partial charge in [-0.25, -0.2) is 0 Å². The van der Waals surface area contributed by atoms with E-state index in [9.17, 15) is 4.79 Å². The molecule has 4 rings (SSSR count). The lowest BCUT2D eigenvalue weighted by molar-refractivity contribution is -0.238. The molecule has 0 radical (unpaired) electrons. The third kappa shape index (κ3) is 3.54. The molecule has 5 nitrogen and oxygen atoms in total. The van der Waals surface area contributed by atoms with Crippen LogP contribution in [-0.2, 0) is 30.3 Å². The van der Waals surface area contributed by atoms with Crippen LogP contribution in [0.15, 0.2) is 30.3 Å². The van der Waals surface area contributed by atoms with Gasteiger partial charge in [-0.3, -0.25) is 4.79 Å². The molecule has 0 amide bonds. The van der Waals surface area contributed by atoms with Crippen molar-refractivity contribution >= 4 is 5.78 Å². The van der Waals surface area contributed by atoms with E-state index in [0.717, 1.165) is 31.4 Å². The fraction of sp³-hybridized carbons (Fsp3) is 0.632. The number of ether oxygens (including phenoxy) is 4. The molecular formula is C19H24O5. The largest absolute Gasteiger partial charge is 0.375 e. The summed E-state index contributed by atoms with van der Waals surface area (Å²) in [7, 11) is 0. The van der Waals surface area contributed by atoms with E-state index < -0.39 is 6.10 Å². The first-order valence-electron chi connectivity index (χ1n) is 8.86. The number of rotatable bonds is 4. The zero-order chi connectivity index (χ0) is 16.4. The molecule has 0 unspecified atom stereocenters. The monoisotopic (exact) mass is 332 g/mol. The van der Waals surface area contributed by atoms with Gasteiger partial charge in [0.1, 0.15) is 6.10 Å². The van der Waals surface area contributed by atoms with Gasteiger partial charge in [-0.15, -0.1) is 0 Å². The van der Waals surface area contributed by atoms with Crippen molar-refractivity contribution in [2.24, 2.45) is 0 Å². The molecule has 3 saturated heterocycles. The Balaban J connectivity index is 1.31. The maximum atomic E-state index is 12.3. The highest BCUT2D eigenvalue weighted by molar-refractivity contribution is 5.84. The minimum Gasteiger partial charge on any atom is -0.375 e. The first kappa shape index (κ1) is 16.2. The summed E-state index contributed by atoms with van der Waals surface area (Å²) in [5.41, 5.74) is 1.10. The fourth-order valence-corrected chi connectivity index (χ4v) is 3.81. The molecule has 1 aromatic carbocycles. The van der Waals surface area contributed by atoms with Crippen molar-refractivity contribution < 1.29 is 23.7 Å². The molecule has 24 heavy (non-hydrogen) atoms. The number of hydrogen-bond acceptors (Lipinski definition) is 5. The van der Waals surface area contributed by atoms with Crippen LogP contribution in [0.3, 0.4) is 0 Å². The van der Waals surface area contributed by atoms with Gasteiger partial charge in [0.25, 0.3) is 0 Å². The summed E-state index contributed by atoms with van der Waals surface area (Å²) in [6.45, 7) is 1.59. The zero-order valence-electron chi connectivity index (χ0n) is 13.8. The number of carbonyl (C=O) groups excluding carboxylic acids is 1. The van der Waals surface area contributed by atoms with Gasteiger partial charge < -0.3 is 18.9 Å². The smallest absolute Gasteiger partial charge is 0.166 e. The molecule has 0 aromatic heterocycles. The summed E-state index contributed by atoms with van der Waals surface area (Å²) in [5.74, 6) is 0.0829. The first-order valence-corrected chi connectivity index (χ1v) is 8.86. The van der Waals surface area contributed by atoms with E-state index in [1.54, 1.807) is 0 Å². The molecule has 0 N–H and O–H groups in total. The van der Waals surface area contributed by atoms with Gasteiger partial charge in [-0.05, 0) is 18.4 Å². The van der Waals surface area contributed by atoms with Crippen LogP contribution in [0, 0.1) is 0 Å². The van der Waals surface area contributed by atoms with Crippen molar-refractivity contribution in [1.82, 2.24) is 0 Å². The van der Waals surface area contributed by atoms with Crippen LogP contribution in [0.5, 0.6) is 0 Å². The molecule has 1 aromatic rings. The average Bonchev–Trinajstić information content (AvgIpc) is 2.61. The highest BCUT2D eigenvalue weighted by Gasteiger charge is 2.46. The highest BCUT2D eigenvalue weighted by atomic mass is 16.6. The van der Waals surface area contributed by atoms with E-state index in [0.29, 0.717) is 19.6 Å². The summed E-state index contributed by atoms with van der Waals surface area (Å²) >= 11 is 0. The van der Waals surface area contributed by atoms with Crippen molar-refractivity contribution in [2.75, 3.05) is 13.2 Å². The lowest BCUT2D eigenvalue weighted by Gasteiger charge is -2.46. The molecule has 5 heteroatoms. The Labute approximate surface area is 142 Å². The van der Waals surface area contributed by atoms with Crippen LogP contribution in [-0.4, -0.2) is 49.5 Å². The van der Waals surface area contributed by atoms with Crippen molar-refractivity contribution in [2.45, 2.75) is 62.8 Å². The lowest BCUT2D eigenvalue weighted by atomic mass is 9.89. The number of Topliss-reactive ketones (excluding diaryl/α,β-unsaturated/α-hetero) is 1. The van der Waals surface area contributed by atoms with Crippen LogP contribution in [0.25, 0.3) is 0 Å². The second-order valence-corrected chi connectivity index (χ2v) is 6.83. The molecule has 3 heterocycles. The molecule has 3 aliphatic heterocycles. The summed E-state index contributed by atoms with van der Waals surface area (Å²) in [5, 5.41) is 0. The number of fused-ring (bicyclic) bond motifs is 2. The van der Waals surface area contributed by atoms with E-state index in [4.69, 9.17) is 18.9 Å². The van der Waals surface area contributed by atoms with Gasteiger partial charge in [0.15, 0.2) is 5.78 Å². The van der Waals surface area contributed by atoms with E-state index in [-0.39, 0.29) is 30.2 Å². The van der Waals surface area contributed by atoms with Gasteiger partial charge in [0, 0.05) is 19.4 Å². The van der Waals surface area contributed by atoms with Gasteiger partial charge in [0.05, 0.1) is 37.6 Å². The van der Waals surface area contributed by atoms with Crippen LogP contribution in [0.2, 0.25) is 0 Å². The first-order chi connectivity index (χ1) is 11.8. The standard InChI is InChI=1S/C19H24O5/c20-14-9-17-18(10-16-15(23-17)7-4-8-22-16)24-19(14)12-21-11-13-5-2-1-3-6-13/h1-3,5-6,15-19H,4,7-12H2/t15-,16+,17+,18-,19+/m0/s1. The second-order valence-electron chi connectivity index (χ2n) is 6.83. The molecule has 0 spiro atoms. The average molecular weight is 332 g/mol. The third-order valence-electron chi connectivity index (χ3n) is 5.09. The Bertz CT molecular complexity index is 560. The lowest BCUT2D eigenvalue weighted by Crippen LogP contribution is -2.56. The molecule has 0 saturated carbocycles. The zero-order valence-corrected chi connectivity index (χ0v) is 13.8. The van der Waals surface area contributed by atoms with Crippen molar-refractivity contribution in [3.05, 3.63) is 35.9 Å². The fourth-order valence-electron chi connectivity index (χ4n) is 3.81. The number of carbonyl (C=O) groups is 1. The minimum atomic E-state index is -0.487. The normalized spacial score (nSPS) is 36.0. The molecule has 0 bridgehead atoms. The molecule has 130 valence electrons. The summed E-state index contributed by atoms with van der Waals surface area (Å²) in [4.78, 5) is 12.3. The highest BCUT2D eigenvalue weighted by Crippen LogP contribution is 2.34. The SMILES string of the molecule is O=C1C[C@H]2O[C@H]3CCCO[C@@H]3C[C@@H]2O[C@@H]1COCc1ccccc1. The van der Waals surface area contributed by atoms with E-state index in [1.807, 2.05) is 30.3 Å². The molecule has 3 aliphatic rings. The van der Waals surface area contributed by atoms with E-state index in [2.05, 4.69) is 0 Å². The molecule has 0 aliphatic carbocycles. The number of ketones is 1. The molecule has 5 atom stereocenters. The summed E-state index contributed by atoms with van der Waals surface area (Å²) in [6, 6.07) is 9.95. The Morgan fingerprint density at radius 1 is 1.04 bits per heavy atom. The van der Waals surface area contributed by atoms with Crippen LogP contribution >= 0.6 is 0 Å². The Morgan fingerprint density at radius 2 is 1.92 bits per heavy atom. The van der Waals surface area contributed by atoms with Crippen molar-refractivity contribution in [3.8, 4) is 0 Å². The Morgan fingerprint density at radius 3 is 2.79 bits per heavy atom. The third-order valence-corrected chi connectivity index (χ3v) is 5.09. The van der Waals surface area contributed by atoms with Gasteiger partial charge in [-0.1, -0.05) is 30.3 Å². The quantitative estimate of drug-likeness (QED) is 0.846. The minimum absolute atomic E-state index is 0.0626. The maximum Gasteiger partial charge on any atom is 0.166 e. The topological polar surface area (TPSA) is 54.0 Å². The summed E-state index contributed by atoms with van der Waals surface area (Å²) < 4.78 is 23.6. The van der Waals surface area contributed by atoms with Crippen molar-refractivity contribution in [1.29, 1.82) is 0 Å². The summed E-state index contributed by atoms with van der Waals surface area (Å²) in [6.07, 6.45) is 2.86. The van der Waals surface area contributed by atoms with Crippen molar-refractivity contribution in [3.63, 3.8) is 0 Å². The van der Waals surface area contributed by atoms with E-state index in [1.165, 1.54) is 0 Å². The molecule has 3 fully saturated rings. The molecular weight excluding hydrogens is 308 g/mol. The van der Waals surface area contributed by atoms with Gasteiger partial charge >= 0.3 is 0 Å².